The van der Waals surface area contributed by atoms with Crippen molar-refractivity contribution in [2.45, 2.75) is 25.2 Å². The fourth-order valence-electron chi connectivity index (χ4n) is 1.57. The average molecular weight is 352 g/mol. The largest absolute Gasteiger partial charge is 0.458 e. The zero-order valence-corrected chi connectivity index (χ0v) is 13.8. The summed E-state index contributed by atoms with van der Waals surface area (Å²) in [7, 11) is 0. The molecule has 0 bridgehead atoms. The van der Waals surface area contributed by atoms with Crippen molar-refractivity contribution >= 4 is 23.9 Å². The van der Waals surface area contributed by atoms with Gasteiger partial charge in [-0.3, -0.25) is 0 Å². The van der Waals surface area contributed by atoms with Gasteiger partial charge in [0, 0.05) is 24.3 Å². The molecule has 136 valence electrons. The van der Waals surface area contributed by atoms with E-state index in [1.807, 2.05) is 0 Å². The highest BCUT2D eigenvalue weighted by Crippen LogP contribution is 2.15. The van der Waals surface area contributed by atoms with Crippen molar-refractivity contribution in [1.29, 1.82) is 0 Å². The van der Waals surface area contributed by atoms with Crippen molar-refractivity contribution < 1.29 is 38.1 Å². The Balaban J connectivity index is 5.49. The van der Waals surface area contributed by atoms with Crippen molar-refractivity contribution in [1.82, 2.24) is 0 Å². The summed E-state index contributed by atoms with van der Waals surface area (Å²) in [5, 5.41) is 0. The third-order valence-electron chi connectivity index (χ3n) is 2.71. The van der Waals surface area contributed by atoms with Crippen LogP contribution in [0.1, 0.15) is 6.92 Å². The Hall–Kier alpha value is -3.16. The predicted molar refractivity (Wildman–Crippen MR) is 87.1 cm³/mol. The van der Waals surface area contributed by atoms with E-state index in [-0.39, 0.29) is 0 Å². The minimum absolute atomic E-state index is 0.477. The molecule has 0 aromatic heterocycles. The fourth-order valence-corrected chi connectivity index (χ4v) is 1.57. The Morgan fingerprint density at radius 3 is 1.68 bits per heavy atom. The number of hydrogen-bond acceptors (Lipinski definition) is 8. The number of esters is 4. The van der Waals surface area contributed by atoms with Crippen molar-refractivity contribution in [3.05, 3.63) is 50.6 Å². The minimum Gasteiger partial charge on any atom is -0.458 e. The molecule has 8 heteroatoms. The Morgan fingerprint density at radius 1 is 0.760 bits per heavy atom. The van der Waals surface area contributed by atoms with Gasteiger partial charge < -0.3 is 18.9 Å². The second kappa shape index (κ2) is 11.4. The molecule has 0 fully saturated rings. The highest BCUT2D eigenvalue weighted by molar-refractivity contribution is 5.83. The van der Waals surface area contributed by atoms with Gasteiger partial charge in [0.05, 0.1) is 0 Å². The SMILES string of the molecule is C=CC(=O)OCC(OC(=O)C=C)C(OC(=O)C=C)C(C)OC(=O)C=C. The quantitative estimate of drug-likeness (QED) is 0.308. The maximum absolute atomic E-state index is 11.6. The van der Waals surface area contributed by atoms with Crippen LogP contribution >= 0.6 is 0 Å². The van der Waals surface area contributed by atoms with Gasteiger partial charge in [0.1, 0.15) is 12.7 Å². The second-order valence-electron chi connectivity index (χ2n) is 4.47. The van der Waals surface area contributed by atoms with E-state index in [2.05, 4.69) is 26.3 Å². The lowest BCUT2D eigenvalue weighted by atomic mass is 10.1. The molecular formula is C17H20O8. The molecule has 3 atom stereocenters. The Labute approximate surface area is 145 Å². The van der Waals surface area contributed by atoms with Gasteiger partial charge >= 0.3 is 23.9 Å². The van der Waals surface area contributed by atoms with Gasteiger partial charge in [-0.25, -0.2) is 19.2 Å². The number of rotatable bonds is 11. The van der Waals surface area contributed by atoms with E-state index >= 15 is 0 Å². The highest BCUT2D eigenvalue weighted by Gasteiger charge is 2.35. The van der Waals surface area contributed by atoms with Crippen LogP contribution in [0.3, 0.4) is 0 Å². The third-order valence-corrected chi connectivity index (χ3v) is 2.71. The van der Waals surface area contributed by atoms with Crippen LogP contribution in [0.15, 0.2) is 50.6 Å². The van der Waals surface area contributed by atoms with E-state index in [0.29, 0.717) is 0 Å². The van der Waals surface area contributed by atoms with Gasteiger partial charge in [-0.05, 0) is 6.92 Å². The van der Waals surface area contributed by atoms with Crippen molar-refractivity contribution in [3.63, 3.8) is 0 Å². The first-order valence-electron chi connectivity index (χ1n) is 7.07. The van der Waals surface area contributed by atoms with Crippen molar-refractivity contribution in [3.8, 4) is 0 Å². The minimum atomic E-state index is -1.28. The molecule has 0 amide bonds. The van der Waals surface area contributed by atoms with E-state index in [0.717, 1.165) is 24.3 Å². The molecule has 0 saturated carbocycles. The zero-order valence-electron chi connectivity index (χ0n) is 13.8. The summed E-state index contributed by atoms with van der Waals surface area (Å²) in [6.07, 6.45) is -0.0584. The van der Waals surface area contributed by atoms with Gasteiger partial charge in [-0.15, -0.1) is 0 Å². The Morgan fingerprint density at radius 2 is 1.20 bits per heavy atom. The Bertz CT molecular complexity index is 563. The van der Waals surface area contributed by atoms with Gasteiger partial charge in [0.25, 0.3) is 0 Å². The van der Waals surface area contributed by atoms with E-state index in [9.17, 15) is 19.2 Å². The van der Waals surface area contributed by atoms with Gasteiger partial charge in [-0.2, -0.15) is 0 Å². The van der Waals surface area contributed by atoms with Gasteiger partial charge in [0.15, 0.2) is 12.2 Å². The fraction of sp³-hybridized carbons (Fsp3) is 0.294. The summed E-state index contributed by atoms with van der Waals surface area (Å²) in [6, 6.07) is 0. The molecule has 0 rings (SSSR count). The predicted octanol–water partition coefficient (Wildman–Crippen LogP) is 1.03. The molecule has 0 heterocycles. The van der Waals surface area contributed by atoms with Crippen molar-refractivity contribution in [2.75, 3.05) is 6.61 Å². The van der Waals surface area contributed by atoms with E-state index in [1.54, 1.807) is 0 Å². The molecule has 0 spiro atoms. The highest BCUT2D eigenvalue weighted by atomic mass is 16.6. The van der Waals surface area contributed by atoms with Crippen LogP contribution in [0.5, 0.6) is 0 Å². The maximum atomic E-state index is 11.6. The molecule has 0 saturated heterocycles. The molecule has 0 radical (unpaired) electrons. The molecule has 0 N–H and O–H groups in total. The number of carbonyl (C=O) groups excluding carboxylic acids is 4. The summed E-state index contributed by atoms with van der Waals surface area (Å²) in [5.74, 6) is -3.30. The molecule has 0 aromatic carbocycles. The molecule has 0 aliphatic heterocycles. The number of hydrogen-bond donors (Lipinski definition) is 0. The van der Waals surface area contributed by atoms with E-state index in [1.165, 1.54) is 6.92 Å². The summed E-state index contributed by atoms with van der Waals surface area (Å²) < 4.78 is 19.9. The molecule has 8 nitrogen and oxygen atoms in total. The van der Waals surface area contributed by atoms with Crippen LogP contribution in [-0.4, -0.2) is 48.8 Å². The topological polar surface area (TPSA) is 105 Å². The first-order valence-corrected chi connectivity index (χ1v) is 7.07. The molecular weight excluding hydrogens is 332 g/mol. The van der Waals surface area contributed by atoms with E-state index < -0.39 is 48.8 Å². The third kappa shape index (κ3) is 8.31. The lowest BCUT2D eigenvalue weighted by molar-refractivity contribution is -0.183. The molecule has 0 aliphatic carbocycles. The summed E-state index contributed by atoms with van der Waals surface area (Å²) >= 11 is 0. The maximum Gasteiger partial charge on any atom is 0.330 e. The standard InChI is InChI=1S/C17H20O8/c1-6-13(18)22-10-12(24-15(20)8-3)17(25-16(21)9-4)11(5)23-14(19)7-2/h6-9,11-12,17H,1-4,10H2,5H3. The molecule has 3 unspecified atom stereocenters. The number of carbonyl (C=O) groups is 4. The van der Waals surface area contributed by atoms with Gasteiger partial charge in [-0.1, -0.05) is 26.3 Å². The van der Waals surface area contributed by atoms with Crippen LogP contribution in [0.2, 0.25) is 0 Å². The molecule has 0 aromatic rings. The smallest absolute Gasteiger partial charge is 0.330 e. The van der Waals surface area contributed by atoms with Crippen LogP contribution in [0.4, 0.5) is 0 Å². The molecule has 0 aliphatic rings. The molecule has 25 heavy (non-hydrogen) atoms. The van der Waals surface area contributed by atoms with Crippen LogP contribution in [0.25, 0.3) is 0 Å². The lowest BCUT2D eigenvalue weighted by Gasteiger charge is -2.29. The van der Waals surface area contributed by atoms with E-state index in [4.69, 9.17) is 18.9 Å². The summed E-state index contributed by atoms with van der Waals surface area (Å²) in [5.41, 5.74) is 0. The summed E-state index contributed by atoms with van der Waals surface area (Å²) in [6.45, 7) is 13.9. The Kier molecular flexibility index (Phi) is 9.95. The average Bonchev–Trinajstić information content (AvgIpc) is 2.61. The number of ether oxygens (including phenoxy) is 4. The zero-order chi connectivity index (χ0) is 19.4. The van der Waals surface area contributed by atoms with Gasteiger partial charge in [0.2, 0.25) is 0 Å². The monoisotopic (exact) mass is 352 g/mol. The lowest BCUT2D eigenvalue weighted by Crippen LogP contribution is -2.46. The van der Waals surface area contributed by atoms with Crippen molar-refractivity contribution in [2.24, 2.45) is 0 Å². The first kappa shape index (κ1) is 21.8. The second-order valence-corrected chi connectivity index (χ2v) is 4.47. The summed E-state index contributed by atoms with van der Waals surface area (Å²) in [4.78, 5) is 45.7. The normalized spacial score (nSPS) is 13.2. The van der Waals surface area contributed by atoms with Crippen LogP contribution < -0.4 is 0 Å². The first-order chi connectivity index (χ1) is 11.8. The van der Waals surface area contributed by atoms with Crippen LogP contribution in [0, 0.1) is 0 Å². The van der Waals surface area contributed by atoms with Crippen LogP contribution in [-0.2, 0) is 38.1 Å².